The van der Waals surface area contributed by atoms with E-state index in [2.05, 4.69) is 0 Å². The van der Waals surface area contributed by atoms with Crippen LogP contribution in [-0.4, -0.2) is 32.1 Å². The minimum Gasteiger partial charge on any atom is -0.330 e. The maximum Gasteiger partial charge on any atom is 0.126 e. The second-order valence-corrected chi connectivity index (χ2v) is 3.90. The first-order chi connectivity index (χ1) is 7.02. The molecule has 2 N–H and O–H groups in total. The zero-order valence-corrected chi connectivity index (χ0v) is 9.00. The predicted octanol–water partition coefficient (Wildman–Crippen LogP) is 1.57. The summed E-state index contributed by atoms with van der Waals surface area (Å²) in [6, 6.07) is 3.54. The van der Waals surface area contributed by atoms with Crippen LogP contribution in [0.15, 0.2) is 18.2 Å². The summed E-state index contributed by atoms with van der Waals surface area (Å²) in [5.41, 5.74) is 6.20. The smallest absolute Gasteiger partial charge is 0.126 e. The average Bonchev–Trinajstić information content (AvgIpc) is 2.12. The van der Waals surface area contributed by atoms with Crippen molar-refractivity contribution < 1.29 is 8.78 Å². The highest BCUT2D eigenvalue weighted by molar-refractivity contribution is 5.22. The lowest BCUT2D eigenvalue weighted by atomic mass is 9.98. The quantitative estimate of drug-likeness (QED) is 0.824. The van der Waals surface area contributed by atoms with E-state index in [1.807, 2.05) is 19.0 Å². The van der Waals surface area contributed by atoms with Crippen molar-refractivity contribution in [2.24, 2.45) is 5.73 Å². The first-order valence-electron chi connectivity index (χ1n) is 4.83. The van der Waals surface area contributed by atoms with Crippen LogP contribution in [0.25, 0.3) is 0 Å². The van der Waals surface area contributed by atoms with Gasteiger partial charge in [-0.3, -0.25) is 0 Å². The minimum atomic E-state index is -0.554. The molecule has 0 saturated carbocycles. The molecule has 1 atom stereocenters. The number of benzene rings is 1. The zero-order valence-electron chi connectivity index (χ0n) is 9.00. The normalized spacial score (nSPS) is 13.2. The third kappa shape index (κ3) is 3.57. The Labute approximate surface area is 88.7 Å². The second-order valence-electron chi connectivity index (χ2n) is 3.90. The lowest BCUT2D eigenvalue weighted by molar-refractivity contribution is 0.374. The van der Waals surface area contributed by atoms with E-state index in [-0.39, 0.29) is 5.92 Å². The highest BCUT2D eigenvalue weighted by Gasteiger charge is 2.12. The van der Waals surface area contributed by atoms with E-state index >= 15 is 0 Å². The van der Waals surface area contributed by atoms with E-state index < -0.39 is 11.6 Å². The van der Waals surface area contributed by atoms with E-state index in [4.69, 9.17) is 5.73 Å². The summed E-state index contributed by atoms with van der Waals surface area (Å²) in [6.07, 6.45) is 0. The average molecular weight is 214 g/mol. The van der Waals surface area contributed by atoms with Crippen molar-refractivity contribution in [2.75, 3.05) is 27.2 Å². The fourth-order valence-corrected chi connectivity index (χ4v) is 1.57. The Morgan fingerprint density at radius 2 is 1.73 bits per heavy atom. The molecule has 0 aliphatic rings. The predicted molar refractivity (Wildman–Crippen MR) is 56.7 cm³/mol. The van der Waals surface area contributed by atoms with E-state index in [0.29, 0.717) is 18.7 Å². The van der Waals surface area contributed by atoms with Crippen LogP contribution < -0.4 is 5.73 Å². The molecule has 1 rings (SSSR count). The van der Waals surface area contributed by atoms with Gasteiger partial charge < -0.3 is 10.6 Å². The Balaban J connectivity index is 2.91. The van der Waals surface area contributed by atoms with E-state index in [0.717, 1.165) is 6.07 Å². The van der Waals surface area contributed by atoms with Gasteiger partial charge in [-0.05, 0) is 31.8 Å². The summed E-state index contributed by atoms with van der Waals surface area (Å²) in [4.78, 5) is 1.94. The molecule has 2 nitrogen and oxygen atoms in total. The summed E-state index contributed by atoms with van der Waals surface area (Å²) in [6.45, 7) is 1.06. The number of hydrogen-bond donors (Lipinski definition) is 1. The Bertz CT molecular complexity index is 306. The number of hydrogen-bond acceptors (Lipinski definition) is 2. The van der Waals surface area contributed by atoms with Crippen molar-refractivity contribution in [1.29, 1.82) is 0 Å². The van der Waals surface area contributed by atoms with Crippen LogP contribution in [0.3, 0.4) is 0 Å². The van der Waals surface area contributed by atoms with Crippen molar-refractivity contribution in [3.05, 3.63) is 35.4 Å². The van der Waals surface area contributed by atoms with Gasteiger partial charge in [-0.2, -0.15) is 0 Å². The topological polar surface area (TPSA) is 29.3 Å². The van der Waals surface area contributed by atoms with E-state index in [1.54, 1.807) is 0 Å². The van der Waals surface area contributed by atoms with Crippen LogP contribution in [0, 0.1) is 11.6 Å². The molecule has 1 aromatic rings. The highest BCUT2D eigenvalue weighted by atomic mass is 19.1. The second kappa shape index (κ2) is 5.19. The molecule has 0 heterocycles. The van der Waals surface area contributed by atoms with Gasteiger partial charge in [-0.1, -0.05) is 0 Å². The van der Waals surface area contributed by atoms with Crippen LogP contribution >= 0.6 is 0 Å². The minimum absolute atomic E-state index is 0.0369. The monoisotopic (exact) mass is 214 g/mol. The molecule has 0 aliphatic heterocycles. The Morgan fingerprint density at radius 1 is 1.20 bits per heavy atom. The number of halogens is 2. The van der Waals surface area contributed by atoms with Crippen molar-refractivity contribution in [2.45, 2.75) is 5.92 Å². The van der Waals surface area contributed by atoms with Gasteiger partial charge in [-0.15, -0.1) is 0 Å². The number of nitrogens with two attached hydrogens (primary N) is 1. The van der Waals surface area contributed by atoms with Gasteiger partial charge in [0.2, 0.25) is 0 Å². The molecule has 0 saturated heterocycles. The number of rotatable bonds is 4. The largest absolute Gasteiger partial charge is 0.330 e. The molecule has 0 bridgehead atoms. The van der Waals surface area contributed by atoms with Crippen molar-refractivity contribution >= 4 is 0 Å². The van der Waals surface area contributed by atoms with Crippen molar-refractivity contribution in [3.8, 4) is 0 Å². The summed E-state index contributed by atoms with van der Waals surface area (Å²) < 4.78 is 25.9. The van der Waals surface area contributed by atoms with Crippen molar-refractivity contribution in [3.63, 3.8) is 0 Å². The molecule has 4 heteroatoms. The summed E-state index contributed by atoms with van der Waals surface area (Å²) >= 11 is 0. The first-order valence-corrected chi connectivity index (χ1v) is 4.83. The Hall–Kier alpha value is -1.00. The molecule has 1 unspecified atom stereocenters. The fraction of sp³-hybridized carbons (Fsp3) is 0.455. The first kappa shape index (κ1) is 12.1. The molecule has 0 amide bonds. The van der Waals surface area contributed by atoms with Gasteiger partial charge >= 0.3 is 0 Å². The van der Waals surface area contributed by atoms with Gasteiger partial charge in [0.15, 0.2) is 0 Å². The summed E-state index contributed by atoms with van der Waals surface area (Å²) in [5, 5.41) is 0. The van der Waals surface area contributed by atoms with Crippen LogP contribution in [-0.2, 0) is 0 Å². The molecular weight excluding hydrogens is 198 g/mol. The zero-order chi connectivity index (χ0) is 11.4. The standard InChI is InChI=1S/C11H16F2N2/c1-15(2)7-9(6-14)8-3-10(12)5-11(13)4-8/h3-5,9H,6-7,14H2,1-2H3. The summed E-state index contributed by atoms with van der Waals surface area (Å²) in [5.74, 6) is -1.14. The maximum absolute atomic E-state index is 13.0. The third-order valence-electron chi connectivity index (χ3n) is 2.23. The molecule has 84 valence electrons. The number of likely N-dealkylation sites (N-methyl/N-ethyl adjacent to an activating group) is 1. The van der Waals surface area contributed by atoms with Gasteiger partial charge in [-0.25, -0.2) is 8.78 Å². The molecular formula is C11H16F2N2. The van der Waals surface area contributed by atoms with Crippen LogP contribution in [0.1, 0.15) is 11.5 Å². The molecule has 0 spiro atoms. The molecule has 0 aromatic heterocycles. The maximum atomic E-state index is 13.0. The van der Waals surface area contributed by atoms with Gasteiger partial charge in [0.25, 0.3) is 0 Å². The lowest BCUT2D eigenvalue weighted by Crippen LogP contribution is -2.26. The fourth-order valence-electron chi connectivity index (χ4n) is 1.57. The van der Waals surface area contributed by atoms with Crippen LogP contribution in [0.2, 0.25) is 0 Å². The molecule has 0 radical (unpaired) electrons. The molecule has 0 fully saturated rings. The number of nitrogens with zero attached hydrogens (tertiary/aromatic N) is 1. The van der Waals surface area contributed by atoms with Gasteiger partial charge in [0.1, 0.15) is 11.6 Å². The Morgan fingerprint density at radius 3 is 2.13 bits per heavy atom. The molecule has 0 aliphatic carbocycles. The van der Waals surface area contributed by atoms with Crippen molar-refractivity contribution in [1.82, 2.24) is 4.90 Å². The van der Waals surface area contributed by atoms with Crippen LogP contribution in [0.4, 0.5) is 8.78 Å². The Kier molecular flexibility index (Phi) is 4.17. The SMILES string of the molecule is CN(C)CC(CN)c1cc(F)cc(F)c1. The lowest BCUT2D eigenvalue weighted by Gasteiger charge is -2.19. The third-order valence-corrected chi connectivity index (χ3v) is 2.23. The molecule has 1 aromatic carbocycles. The summed E-state index contributed by atoms with van der Waals surface area (Å²) in [7, 11) is 3.80. The van der Waals surface area contributed by atoms with Crippen LogP contribution in [0.5, 0.6) is 0 Å². The van der Waals surface area contributed by atoms with Gasteiger partial charge in [0.05, 0.1) is 0 Å². The van der Waals surface area contributed by atoms with E-state index in [9.17, 15) is 8.78 Å². The van der Waals surface area contributed by atoms with E-state index in [1.165, 1.54) is 12.1 Å². The highest BCUT2D eigenvalue weighted by Crippen LogP contribution is 2.18. The molecule has 15 heavy (non-hydrogen) atoms. The van der Waals surface area contributed by atoms with Gasteiger partial charge in [0, 0.05) is 25.1 Å².